The van der Waals surface area contributed by atoms with Gasteiger partial charge in [0.1, 0.15) is 5.76 Å². The first-order chi connectivity index (χ1) is 5.79. The molecular formula is C10H12OS. The molecule has 0 saturated carbocycles. The molecule has 0 saturated heterocycles. The molecule has 0 aliphatic rings. The predicted octanol–water partition coefficient (Wildman–Crippen LogP) is 3.64. The van der Waals surface area contributed by atoms with Crippen molar-refractivity contribution in [2.45, 2.75) is 13.8 Å². The van der Waals surface area contributed by atoms with Crippen molar-refractivity contribution in [3.8, 4) is 0 Å². The molecule has 0 aliphatic carbocycles. The zero-order valence-corrected chi connectivity index (χ0v) is 8.10. The van der Waals surface area contributed by atoms with Crippen LogP contribution in [0.1, 0.15) is 11.3 Å². The molecular weight excluding hydrogens is 168 g/mol. The Labute approximate surface area is 76.7 Å². The fourth-order valence-corrected chi connectivity index (χ4v) is 1.36. The van der Waals surface area contributed by atoms with Crippen LogP contribution in [0.5, 0.6) is 0 Å². The van der Waals surface area contributed by atoms with E-state index >= 15 is 0 Å². The van der Waals surface area contributed by atoms with Gasteiger partial charge in [-0.3, -0.25) is 0 Å². The molecule has 0 aromatic carbocycles. The number of aryl methyl sites for hydroxylation is 2. The van der Waals surface area contributed by atoms with E-state index in [2.05, 4.69) is 23.8 Å². The zero-order valence-electron chi connectivity index (χ0n) is 7.28. The molecule has 0 N–H and O–H groups in total. The molecule has 1 nitrogen and oxygen atoms in total. The Hall–Kier alpha value is -1.02. The summed E-state index contributed by atoms with van der Waals surface area (Å²) in [5, 5.41) is 4.20. The average molecular weight is 180 g/mol. The molecule has 2 rings (SSSR count). The van der Waals surface area contributed by atoms with Gasteiger partial charge in [-0.2, -0.15) is 11.3 Å². The monoisotopic (exact) mass is 180 g/mol. The molecule has 2 aromatic heterocycles. The highest BCUT2D eigenvalue weighted by Gasteiger charge is 1.76. The van der Waals surface area contributed by atoms with Crippen molar-refractivity contribution in [3.63, 3.8) is 0 Å². The second kappa shape index (κ2) is 4.78. The predicted molar refractivity (Wildman–Crippen MR) is 52.5 cm³/mol. The standard InChI is InChI=1S/C5H6O.C5H6S/c1-5-3-2-4-6-5;1-5-2-3-6-4-5/h2*2-4H,1H3. The normalized spacial score (nSPS) is 8.83. The highest BCUT2D eigenvalue weighted by Crippen LogP contribution is 2.01. The van der Waals surface area contributed by atoms with Crippen LogP contribution in [0.4, 0.5) is 0 Å². The molecule has 0 bridgehead atoms. The van der Waals surface area contributed by atoms with Gasteiger partial charge in [0.15, 0.2) is 0 Å². The molecule has 0 amide bonds. The van der Waals surface area contributed by atoms with Crippen molar-refractivity contribution in [3.05, 3.63) is 46.5 Å². The van der Waals surface area contributed by atoms with Gasteiger partial charge in [0.2, 0.25) is 0 Å². The van der Waals surface area contributed by atoms with E-state index in [0.29, 0.717) is 0 Å². The van der Waals surface area contributed by atoms with E-state index in [9.17, 15) is 0 Å². The molecule has 12 heavy (non-hydrogen) atoms. The summed E-state index contributed by atoms with van der Waals surface area (Å²) >= 11 is 1.74. The van der Waals surface area contributed by atoms with Crippen LogP contribution in [0.25, 0.3) is 0 Å². The molecule has 0 spiro atoms. The third-order valence-corrected chi connectivity index (χ3v) is 2.13. The molecule has 0 radical (unpaired) electrons. The van der Waals surface area contributed by atoms with Crippen molar-refractivity contribution in [1.82, 2.24) is 0 Å². The SMILES string of the molecule is Cc1ccco1.Cc1ccsc1. The molecule has 2 heterocycles. The Balaban J connectivity index is 0.000000120. The average Bonchev–Trinajstić information content (AvgIpc) is 2.63. The lowest BCUT2D eigenvalue weighted by Gasteiger charge is -1.69. The summed E-state index contributed by atoms with van der Waals surface area (Å²) in [7, 11) is 0. The van der Waals surface area contributed by atoms with Crippen LogP contribution < -0.4 is 0 Å². The van der Waals surface area contributed by atoms with Crippen molar-refractivity contribution in [2.24, 2.45) is 0 Å². The van der Waals surface area contributed by atoms with Gasteiger partial charge in [0, 0.05) is 0 Å². The second-order valence-corrected chi connectivity index (χ2v) is 3.30. The summed E-state index contributed by atoms with van der Waals surface area (Å²) in [6.07, 6.45) is 1.66. The molecule has 64 valence electrons. The first kappa shape index (κ1) is 9.07. The minimum atomic E-state index is 0.968. The van der Waals surface area contributed by atoms with Crippen molar-refractivity contribution in [2.75, 3.05) is 0 Å². The molecule has 0 atom stereocenters. The maximum atomic E-state index is 4.83. The van der Waals surface area contributed by atoms with E-state index in [1.807, 2.05) is 19.1 Å². The fraction of sp³-hybridized carbons (Fsp3) is 0.200. The molecule has 0 fully saturated rings. The fourth-order valence-electron chi connectivity index (χ4n) is 0.693. The Kier molecular flexibility index (Phi) is 3.61. The summed E-state index contributed by atoms with van der Waals surface area (Å²) in [5.74, 6) is 0.968. The number of hydrogen-bond donors (Lipinski definition) is 0. The van der Waals surface area contributed by atoms with Gasteiger partial charge in [0.05, 0.1) is 6.26 Å². The smallest absolute Gasteiger partial charge is 0.100 e. The number of furan rings is 1. The molecule has 2 heteroatoms. The number of hydrogen-bond acceptors (Lipinski definition) is 2. The first-order valence-electron chi connectivity index (χ1n) is 3.78. The maximum absolute atomic E-state index is 4.83. The van der Waals surface area contributed by atoms with Crippen LogP contribution in [0.15, 0.2) is 39.6 Å². The third kappa shape index (κ3) is 3.39. The lowest BCUT2D eigenvalue weighted by molar-refractivity contribution is 0.534. The maximum Gasteiger partial charge on any atom is 0.100 e. The number of rotatable bonds is 0. The Morgan fingerprint density at radius 2 is 2.08 bits per heavy atom. The van der Waals surface area contributed by atoms with Crippen molar-refractivity contribution in [1.29, 1.82) is 0 Å². The van der Waals surface area contributed by atoms with E-state index in [1.165, 1.54) is 5.56 Å². The van der Waals surface area contributed by atoms with E-state index in [4.69, 9.17) is 4.42 Å². The van der Waals surface area contributed by atoms with E-state index in [0.717, 1.165) is 5.76 Å². The summed E-state index contributed by atoms with van der Waals surface area (Å²) in [4.78, 5) is 0. The third-order valence-electron chi connectivity index (χ3n) is 1.33. The van der Waals surface area contributed by atoms with Gasteiger partial charge in [-0.05, 0) is 48.4 Å². The highest BCUT2D eigenvalue weighted by atomic mass is 32.1. The van der Waals surface area contributed by atoms with Gasteiger partial charge >= 0.3 is 0 Å². The Morgan fingerprint density at radius 1 is 1.25 bits per heavy atom. The lowest BCUT2D eigenvalue weighted by Crippen LogP contribution is -1.48. The van der Waals surface area contributed by atoms with E-state index in [-0.39, 0.29) is 0 Å². The summed E-state index contributed by atoms with van der Waals surface area (Å²) < 4.78 is 4.83. The largest absolute Gasteiger partial charge is 0.470 e. The van der Waals surface area contributed by atoms with Crippen LogP contribution in [-0.4, -0.2) is 0 Å². The molecule has 0 unspecified atom stereocenters. The van der Waals surface area contributed by atoms with Crippen LogP contribution >= 0.6 is 11.3 Å². The van der Waals surface area contributed by atoms with Gasteiger partial charge in [-0.25, -0.2) is 0 Å². The summed E-state index contributed by atoms with van der Waals surface area (Å²) in [5.41, 5.74) is 1.36. The van der Waals surface area contributed by atoms with Gasteiger partial charge in [-0.15, -0.1) is 0 Å². The van der Waals surface area contributed by atoms with Crippen LogP contribution in [0.2, 0.25) is 0 Å². The van der Waals surface area contributed by atoms with Gasteiger partial charge < -0.3 is 4.42 Å². The molecule has 2 aromatic rings. The van der Waals surface area contributed by atoms with Crippen LogP contribution in [0, 0.1) is 13.8 Å². The minimum absolute atomic E-state index is 0.968. The first-order valence-corrected chi connectivity index (χ1v) is 4.72. The second-order valence-electron chi connectivity index (χ2n) is 2.52. The molecule has 0 aliphatic heterocycles. The van der Waals surface area contributed by atoms with Crippen molar-refractivity contribution >= 4 is 11.3 Å². The summed E-state index contributed by atoms with van der Waals surface area (Å²) in [6.45, 7) is 4.01. The van der Waals surface area contributed by atoms with Gasteiger partial charge in [0.25, 0.3) is 0 Å². The Morgan fingerprint density at radius 3 is 2.25 bits per heavy atom. The summed E-state index contributed by atoms with van der Waals surface area (Å²) in [6, 6.07) is 5.89. The lowest BCUT2D eigenvalue weighted by atomic mass is 10.4. The highest BCUT2D eigenvalue weighted by molar-refractivity contribution is 7.07. The van der Waals surface area contributed by atoms with Crippen LogP contribution in [-0.2, 0) is 0 Å². The van der Waals surface area contributed by atoms with Crippen molar-refractivity contribution < 1.29 is 4.42 Å². The zero-order chi connectivity index (χ0) is 8.81. The van der Waals surface area contributed by atoms with Crippen LogP contribution in [0.3, 0.4) is 0 Å². The minimum Gasteiger partial charge on any atom is -0.470 e. The van der Waals surface area contributed by atoms with Gasteiger partial charge in [-0.1, -0.05) is 0 Å². The quantitative estimate of drug-likeness (QED) is 0.603. The topological polar surface area (TPSA) is 13.1 Å². The van der Waals surface area contributed by atoms with E-state index < -0.39 is 0 Å². The number of thiophene rings is 1. The van der Waals surface area contributed by atoms with E-state index in [1.54, 1.807) is 17.6 Å². The Bertz CT molecular complexity index is 249.